The molecule has 3 aromatic heterocycles. The van der Waals surface area contributed by atoms with E-state index < -0.39 is 0 Å². The number of aromatic nitrogens is 4. The number of hydrogen-bond acceptors (Lipinski definition) is 3. The molecular weight excluding hydrogens is 902 g/mol. The smallest absolute Gasteiger partial charge is 0.358 e. The van der Waals surface area contributed by atoms with E-state index in [0.717, 1.165) is 50.7 Å². The maximum atomic E-state index is 5.51. The van der Waals surface area contributed by atoms with Gasteiger partial charge in [0.05, 0.1) is 11.4 Å². The van der Waals surface area contributed by atoms with E-state index in [9.17, 15) is 0 Å². The van der Waals surface area contributed by atoms with Crippen LogP contribution in [0.5, 0.6) is 0 Å². The van der Waals surface area contributed by atoms with Crippen LogP contribution in [0.3, 0.4) is 0 Å². The third-order valence-corrected chi connectivity index (χ3v) is 11.9. The minimum absolute atomic E-state index is 0. The van der Waals surface area contributed by atoms with Gasteiger partial charge >= 0.3 is 21.1 Å². The standard InChI is InChI=1S/C53H53N5.Pt/c1-50(2,3)35-29-30-54-46(31-35)57-42-23-17-15-21-38(42)39-27-25-36(32-44(39)57)56-43-24-18-16-22-40(43)53(10,11)41-28-26-37(33-45(41)56)58-49(52(7,8)9)47(34-19-13-12-14-20-34)48(55-58)51(4,5)6;/h12-31H,1-11H3;/q-2;+2. The van der Waals surface area contributed by atoms with Gasteiger partial charge in [-0.1, -0.05) is 160 Å². The number of benzene rings is 5. The zero-order chi connectivity index (χ0) is 40.9. The maximum Gasteiger partial charge on any atom is 2.00 e. The van der Waals surface area contributed by atoms with Crippen LogP contribution in [0.4, 0.5) is 17.1 Å². The van der Waals surface area contributed by atoms with Gasteiger partial charge in [0.25, 0.3) is 0 Å². The van der Waals surface area contributed by atoms with E-state index >= 15 is 0 Å². The molecule has 0 fully saturated rings. The van der Waals surface area contributed by atoms with Gasteiger partial charge in [0.1, 0.15) is 5.82 Å². The Labute approximate surface area is 364 Å². The first-order valence-electron chi connectivity index (χ1n) is 20.5. The van der Waals surface area contributed by atoms with Crippen LogP contribution in [-0.2, 0) is 42.7 Å². The van der Waals surface area contributed by atoms with Crippen molar-refractivity contribution in [1.29, 1.82) is 0 Å². The predicted octanol–water partition coefficient (Wildman–Crippen LogP) is 13.6. The van der Waals surface area contributed by atoms with E-state index in [2.05, 4.69) is 218 Å². The Morgan fingerprint density at radius 3 is 2.00 bits per heavy atom. The second-order valence-corrected chi connectivity index (χ2v) is 19.5. The Kier molecular flexibility index (Phi) is 9.75. The first-order chi connectivity index (χ1) is 27.4. The Bertz CT molecular complexity index is 2870. The van der Waals surface area contributed by atoms with E-state index in [1.165, 1.54) is 38.9 Å². The van der Waals surface area contributed by atoms with Crippen LogP contribution < -0.4 is 4.90 Å². The molecule has 0 N–H and O–H groups in total. The molecule has 300 valence electrons. The molecule has 59 heavy (non-hydrogen) atoms. The molecule has 6 heteroatoms. The van der Waals surface area contributed by atoms with Gasteiger partial charge in [0, 0.05) is 33.8 Å². The van der Waals surface area contributed by atoms with E-state index in [1.54, 1.807) is 0 Å². The maximum absolute atomic E-state index is 5.51. The third kappa shape index (κ3) is 6.67. The molecule has 9 rings (SSSR count). The van der Waals surface area contributed by atoms with Gasteiger partial charge in [0.2, 0.25) is 0 Å². The van der Waals surface area contributed by atoms with Gasteiger partial charge in [-0.05, 0) is 62.9 Å². The molecule has 0 aliphatic carbocycles. The van der Waals surface area contributed by atoms with Gasteiger partial charge in [-0.15, -0.1) is 35.2 Å². The number of rotatable bonds is 4. The van der Waals surface area contributed by atoms with Gasteiger partial charge in [-0.3, -0.25) is 4.68 Å². The second-order valence-electron chi connectivity index (χ2n) is 19.5. The quantitative estimate of drug-likeness (QED) is 0.165. The summed E-state index contributed by atoms with van der Waals surface area (Å²) in [5, 5.41) is 7.82. The van der Waals surface area contributed by atoms with Crippen LogP contribution in [0.15, 0.2) is 121 Å². The largest absolute Gasteiger partial charge is 2.00 e. The zero-order valence-corrected chi connectivity index (χ0v) is 38.4. The molecule has 0 radical (unpaired) electrons. The van der Waals surface area contributed by atoms with Crippen molar-refractivity contribution < 1.29 is 21.1 Å². The number of anilines is 3. The number of fused-ring (bicyclic) bond motifs is 5. The average Bonchev–Trinajstić information content (AvgIpc) is 3.76. The summed E-state index contributed by atoms with van der Waals surface area (Å²) < 4.78 is 4.45. The SMILES string of the molecule is CC(C)(C)c1ccnc(-n2c3[c-]c(N4c5[c-]c(-n6nc(C(C)(C)C)c(-c7ccccc7)c6C(C)(C)C)ccc5C(C)(C)c5ccccc54)ccc3c3ccccc32)c1.[Pt+2]. The summed E-state index contributed by atoms with van der Waals surface area (Å²) in [4.78, 5) is 7.33. The monoisotopic (exact) mass is 954 g/mol. The van der Waals surface area contributed by atoms with Gasteiger partial charge < -0.3 is 9.47 Å². The van der Waals surface area contributed by atoms with Crippen LogP contribution >= 0.6 is 0 Å². The fourth-order valence-electron chi connectivity index (χ4n) is 8.93. The topological polar surface area (TPSA) is 38.9 Å². The summed E-state index contributed by atoms with van der Waals surface area (Å²) in [6, 6.07) is 49.5. The van der Waals surface area contributed by atoms with Crippen LogP contribution in [0.25, 0.3) is 44.4 Å². The van der Waals surface area contributed by atoms with Crippen LogP contribution in [0, 0.1) is 12.1 Å². The Hall–Kier alpha value is -5.25. The molecule has 0 bridgehead atoms. The van der Waals surface area contributed by atoms with Gasteiger partial charge in [-0.2, -0.15) is 17.2 Å². The third-order valence-electron chi connectivity index (χ3n) is 11.9. The number of pyridine rings is 1. The summed E-state index contributed by atoms with van der Waals surface area (Å²) in [6.45, 7) is 25.1. The molecule has 1 aliphatic heterocycles. The van der Waals surface area contributed by atoms with Crippen molar-refractivity contribution in [2.24, 2.45) is 0 Å². The van der Waals surface area contributed by atoms with Crippen LogP contribution in [-0.4, -0.2) is 19.3 Å². The normalized spacial score (nSPS) is 14.0. The Morgan fingerprint density at radius 1 is 0.610 bits per heavy atom. The molecule has 0 amide bonds. The molecule has 0 unspecified atom stereocenters. The van der Waals surface area contributed by atoms with Gasteiger partial charge in [-0.25, -0.2) is 4.98 Å². The molecule has 8 aromatic rings. The first-order valence-corrected chi connectivity index (χ1v) is 20.5. The number of para-hydroxylation sites is 2. The summed E-state index contributed by atoms with van der Waals surface area (Å²) in [6.07, 6.45) is 1.94. The minimum atomic E-state index is -0.281. The van der Waals surface area contributed by atoms with Crippen molar-refractivity contribution in [3.8, 4) is 22.6 Å². The van der Waals surface area contributed by atoms with Gasteiger partial charge in [0.15, 0.2) is 0 Å². The number of nitrogens with zero attached hydrogens (tertiary/aromatic N) is 5. The first kappa shape index (κ1) is 40.5. The van der Waals surface area contributed by atoms with Crippen molar-refractivity contribution in [2.75, 3.05) is 4.90 Å². The van der Waals surface area contributed by atoms with Crippen LogP contribution in [0.2, 0.25) is 0 Å². The van der Waals surface area contributed by atoms with Crippen molar-refractivity contribution in [3.05, 3.63) is 162 Å². The number of hydrogen-bond donors (Lipinski definition) is 0. The molecular formula is C53H53N5Pt. The molecule has 4 heterocycles. The Balaban J connectivity index is 0.00000484. The van der Waals surface area contributed by atoms with Crippen molar-refractivity contribution in [3.63, 3.8) is 0 Å². The summed E-state index contributed by atoms with van der Waals surface area (Å²) in [5.41, 5.74) is 13.7. The predicted molar refractivity (Wildman–Crippen MR) is 242 cm³/mol. The summed E-state index contributed by atoms with van der Waals surface area (Å²) in [7, 11) is 0. The summed E-state index contributed by atoms with van der Waals surface area (Å²) in [5.74, 6) is 0.888. The molecule has 5 nitrogen and oxygen atoms in total. The van der Waals surface area contributed by atoms with E-state index in [-0.39, 0.29) is 42.7 Å². The molecule has 0 spiro atoms. The van der Waals surface area contributed by atoms with Crippen molar-refractivity contribution in [1.82, 2.24) is 19.3 Å². The summed E-state index contributed by atoms with van der Waals surface area (Å²) >= 11 is 0. The average molecular weight is 955 g/mol. The molecule has 0 saturated heterocycles. The minimum Gasteiger partial charge on any atom is -0.358 e. The molecule has 1 aliphatic rings. The molecule has 0 atom stereocenters. The fourth-order valence-corrected chi connectivity index (χ4v) is 8.93. The van der Waals surface area contributed by atoms with E-state index in [4.69, 9.17) is 10.1 Å². The Morgan fingerprint density at radius 2 is 1.29 bits per heavy atom. The molecule has 0 saturated carbocycles. The van der Waals surface area contributed by atoms with E-state index in [1.807, 2.05) is 6.20 Å². The second kappa shape index (κ2) is 14.2. The van der Waals surface area contributed by atoms with Crippen molar-refractivity contribution >= 4 is 38.9 Å². The zero-order valence-electron chi connectivity index (χ0n) is 36.1. The fraction of sp³-hybridized carbons (Fsp3) is 0.283. The molecule has 5 aromatic carbocycles. The van der Waals surface area contributed by atoms with Crippen molar-refractivity contribution in [2.45, 2.75) is 97.8 Å². The van der Waals surface area contributed by atoms with E-state index in [0.29, 0.717) is 0 Å². The van der Waals surface area contributed by atoms with Crippen LogP contribution in [0.1, 0.15) is 104 Å².